The Hall–Kier alpha value is -3.68. The molecule has 10 nitrogen and oxygen atoms in total. The van der Waals surface area contributed by atoms with Gasteiger partial charge in [-0.15, -0.1) is 0 Å². The number of aromatic nitrogens is 1. The third-order valence-electron chi connectivity index (χ3n) is 7.80. The number of nitrogens with zero attached hydrogens (tertiary/aromatic N) is 3. The molecule has 2 heterocycles. The van der Waals surface area contributed by atoms with Crippen LogP contribution in [0.5, 0.6) is 0 Å². The highest BCUT2D eigenvalue weighted by Crippen LogP contribution is 2.28. The normalized spacial score (nSPS) is 17.8. The van der Waals surface area contributed by atoms with Crippen molar-refractivity contribution in [3.63, 3.8) is 0 Å². The van der Waals surface area contributed by atoms with Gasteiger partial charge in [0.25, 0.3) is 10.0 Å². The number of aliphatic hydroxyl groups is 1. The molecule has 2 N–H and O–H groups in total. The first-order valence-electron chi connectivity index (χ1n) is 14.3. The van der Waals surface area contributed by atoms with E-state index in [2.05, 4.69) is 10.3 Å². The molecular weight excluding hydrogens is 601 g/mol. The minimum atomic E-state index is -4.33. The van der Waals surface area contributed by atoms with E-state index in [0.29, 0.717) is 11.1 Å². The summed E-state index contributed by atoms with van der Waals surface area (Å²) in [5.41, 5.74) is 1.88. The Bertz CT molecular complexity index is 1860. The summed E-state index contributed by atoms with van der Waals surface area (Å²) in [7, 11) is -8.41. The first-order valence-corrected chi connectivity index (χ1v) is 17.1. The monoisotopic (exact) mass is 636 g/mol. The maximum Gasteiger partial charge on any atom is 0.261 e. The van der Waals surface area contributed by atoms with Gasteiger partial charge in [-0.3, -0.25) is 4.79 Å². The molecule has 0 unspecified atom stereocenters. The van der Waals surface area contributed by atoms with E-state index >= 15 is 0 Å². The topological polar surface area (TPSA) is 137 Å². The van der Waals surface area contributed by atoms with Crippen molar-refractivity contribution in [2.75, 3.05) is 26.2 Å². The predicted molar refractivity (Wildman–Crippen MR) is 168 cm³/mol. The van der Waals surface area contributed by atoms with E-state index in [1.54, 1.807) is 60.7 Å². The summed E-state index contributed by atoms with van der Waals surface area (Å²) < 4.78 is 57.7. The standard InChI is InChI=1S/C32H36N4O6S2/c1-32(2,3)25-14-16-26(17-15-25)43(39,40)35-19-20-36(44(41,42)30-18-13-24-11-7-8-12-27(24)33-30)29(21-35)31(38)34-28(22-37)23-9-5-4-6-10-23/h4-18,28-29,37H,19-22H2,1-3H3,(H,34,38)/t28-,29-/m1/s1. The molecule has 1 aliphatic heterocycles. The highest BCUT2D eigenvalue weighted by atomic mass is 32.2. The SMILES string of the molecule is CC(C)(C)c1ccc(S(=O)(=O)N2CCN(S(=O)(=O)c3ccc4ccccc4n3)[C@@H](C(=O)N[C@H](CO)c3ccccc3)C2)cc1. The summed E-state index contributed by atoms with van der Waals surface area (Å²) in [5.74, 6) is -0.736. The molecule has 1 aromatic heterocycles. The summed E-state index contributed by atoms with van der Waals surface area (Å²) in [6.45, 7) is 4.78. The zero-order valence-electron chi connectivity index (χ0n) is 24.8. The first-order chi connectivity index (χ1) is 20.8. The average molecular weight is 637 g/mol. The summed E-state index contributed by atoms with van der Waals surface area (Å²) in [6.07, 6.45) is 0. The zero-order chi connectivity index (χ0) is 31.7. The quantitative estimate of drug-likeness (QED) is 0.302. The number of para-hydroxylation sites is 1. The number of pyridine rings is 1. The van der Waals surface area contributed by atoms with E-state index in [-0.39, 0.29) is 28.4 Å². The van der Waals surface area contributed by atoms with E-state index in [0.717, 1.165) is 19.6 Å². The number of nitrogens with one attached hydrogen (secondary N) is 1. The minimum Gasteiger partial charge on any atom is -0.394 e. The maximum absolute atomic E-state index is 14.0. The van der Waals surface area contributed by atoms with Gasteiger partial charge in [0.05, 0.1) is 23.1 Å². The molecule has 0 bridgehead atoms. The summed E-state index contributed by atoms with van der Waals surface area (Å²) >= 11 is 0. The number of sulfonamides is 2. The Morgan fingerprint density at radius 1 is 0.886 bits per heavy atom. The lowest BCUT2D eigenvalue weighted by Crippen LogP contribution is -2.61. The van der Waals surface area contributed by atoms with Gasteiger partial charge in [0.2, 0.25) is 15.9 Å². The second kappa shape index (κ2) is 12.4. The molecular formula is C32H36N4O6S2. The van der Waals surface area contributed by atoms with Crippen LogP contribution < -0.4 is 5.32 Å². The third-order valence-corrected chi connectivity index (χ3v) is 11.5. The van der Waals surface area contributed by atoms with Gasteiger partial charge in [0.1, 0.15) is 6.04 Å². The molecule has 44 heavy (non-hydrogen) atoms. The molecule has 0 radical (unpaired) electrons. The Kier molecular flexibility index (Phi) is 8.92. The largest absolute Gasteiger partial charge is 0.394 e. The van der Waals surface area contributed by atoms with Crippen LogP contribution in [-0.4, -0.2) is 73.7 Å². The smallest absolute Gasteiger partial charge is 0.261 e. The maximum atomic E-state index is 14.0. The Morgan fingerprint density at radius 2 is 1.55 bits per heavy atom. The second-order valence-corrected chi connectivity index (χ2v) is 15.5. The van der Waals surface area contributed by atoms with E-state index in [4.69, 9.17) is 0 Å². The Balaban J connectivity index is 1.49. The van der Waals surface area contributed by atoms with Gasteiger partial charge >= 0.3 is 0 Å². The van der Waals surface area contributed by atoms with Crippen LogP contribution in [0.4, 0.5) is 0 Å². The van der Waals surface area contributed by atoms with Crippen LogP contribution >= 0.6 is 0 Å². The van der Waals surface area contributed by atoms with Crippen molar-refractivity contribution in [1.82, 2.24) is 18.9 Å². The summed E-state index contributed by atoms with van der Waals surface area (Å²) in [6, 6.07) is 23.2. The van der Waals surface area contributed by atoms with Crippen LogP contribution in [0.15, 0.2) is 101 Å². The van der Waals surface area contributed by atoms with Crippen molar-refractivity contribution in [3.05, 3.63) is 102 Å². The van der Waals surface area contributed by atoms with Gasteiger partial charge in [0, 0.05) is 25.0 Å². The molecule has 1 saturated heterocycles. The zero-order valence-corrected chi connectivity index (χ0v) is 26.4. The second-order valence-electron chi connectivity index (χ2n) is 11.8. The number of hydrogen-bond donors (Lipinski definition) is 2. The molecule has 12 heteroatoms. The molecule has 1 aliphatic rings. The number of piperazine rings is 1. The number of aliphatic hydroxyl groups excluding tert-OH is 1. The molecule has 0 aliphatic carbocycles. The van der Waals surface area contributed by atoms with E-state index in [9.17, 15) is 26.7 Å². The molecule has 1 amide bonds. The summed E-state index contributed by atoms with van der Waals surface area (Å²) in [4.78, 5) is 18.2. The number of amides is 1. The number of benzene rings is 3. The lowest BCUT2D eigenvalue weighted by molar-refractivity contribution is -0.127. The van der Waals surface area contributed by atoms with Crippen molar-refractivity contribution in [2.45, 2.75) is 48.2 Å². The predicted octanol–water partition coefficient (Wildman–Crippen LogP) is 3.45. The average Bonchev–Trinajstić information content (AvgIpc) is 3.03. The van der Waals surface area contributed by atoms with Gasteiger partial charge < -0.3 is 10.4 Å². The van der Waals surface area contributed by atoms with Crippen LogP contribution in [0.25, 0.3) is 10.9 Å². The molecule has 0 saturated carbocycles. The Morgan fingerprint density at radius 3 is 2.20 bits per heavy atom. The van der Waals surface area contributed by atoms with Gasteiger partial charge in [-0.1, -0.05) is 81.4 Å². The van der Waals surface area contributed by atoms with Crippen LogP contribution in [0.3, 0.4) is 0 Å². The molecule has 4 aromatic rings. The van der Waals surface area contributed by atoms with Gasteiger partial charge in [-0.2, -0.15) is 8.61 Å². The van der Waals surface area contributed by atoms with E-state index < -0.39 is 51.2 Å². The first kappa shape index (κ1) is 31.7. The number of rotatable bonds is 8. The molecule has 0 spiro atoms. The van der Waals surface area contributed by atoms with Crippen molar-refractivity contribution in [1.29, 1.82) is 0 Å². The van der Waals surface area contributed by atoms with Crippen molar-refractivity contribution in [2.24, 2.45) is 0 Å². The summed E-state index contributed by atoms with van der Waals surface area (Å²) in [5, 5.41) is 13.3. The third kappa shape index (κ3) is 6.40. The number of hydrogen-bond acceptors (Lipinski definition) is 7. The molecule has 5 rings (SSSR count). The lowest BCUT2D eigenvalue weighted by atomic mass is 9.87. The fourth-order valence-corrected chi connectivity index (χ4v) is 8.19. The molecule has 3 aromatic carbocycles. The van der Waals surface area contributed by atoms with E-state index in [1.807, 2.05) is 32.9 Å². The van der Waals surface area contributed by atoms with Crippen LogP contribution in [0, 0.1) is 0 Å². The highest BCUT2D eigenvalue weighted by molar-refractivity contribution is 7.89. The van der Waals surface area contributed by atoms with Gasteiger partial charge in [-0.05, 0) is 46.9 Å². The van der Waals surface area contributed by atoms with Crippen molar-refractivity contribution < 1.29 is 26.7 Å². The molecule has 1 fully saturated rings. The lowest BCUT2D eigenvalue weighted by Gasteiger charge is -2.39. The molecule has 2 atom stereocenters. The fraction of sp³-hybridized carbons (Fsp3) is 0.312. The number of carbonyl (C=O) groups is 1. The van der Waals surface area contributed by atoms with Gasteiger partial charge in [0.15, 0.2) is 5.03 Å². The number of fused-ring (bicyclic) bond motifs is 1. The van der Waals surface area contributed by atoms with Crippen LogP contribution in [0.2, 0.25) is 0 Å². The van der Waals surface area contributed by atoms with E-state index in [1.165, 1.54) is 18.2 Å². The highest BCUT2D eigenvalue weighted by Gasteiger charge is 2.44. The fourth-order valence-electron chi connectivity index (χ4n) is 5.24. The van der Waals surface area contributed by atoms with Crippen molar-refractivity contribution >= 4 is 36.9 Å². The van der Waals surface area contributed by atoms with Crippen molar-refractivity contribution in [3.8, 4) is 0 Å². The Labute approximate surface area is 258 Å². The minimum absolute atomic E-state index is 0.0506. The van der Waals surface area contributed by atoms with Crippen LogP contribution in [0.1, 0.15) is 37.9 Å². The van der Waals surface area contributed by atoms with Crippen LogP contribution in [-0.2, 0) is 30.3 Å². The molecule has 232 valence electrons. The number of carbonyl (C=O) groups excluding carboxylic acids is 1. The van der Waals surface area contributed by atoms with Gasteiger partial charge in [-0.25, -0.2) is 21.8 Å².